The molecule has 2 rings (SSSR count). The molecular formula is C14H15NO. The van der Waals surface area contributed by atoms with Gasteiger partial charge in [0, 0.05) is 13.1 Å². The highest BCUT2D eigenvalue weighted by Gasteiger charge is 1.94. The maximum Gasteiger partial charge on any atom is 0.115 e. The van der Waals surface area contributed by atoms with Gasteiger partial charge in [0.25, 0.3) is 0 Å². The summed E-state index contributed by atoms with van der Waals surface area (Å²) in [5, 5.41) is 12.6. The van der Waals surface area contributed by atoms with Crippen molar-refractivity contribution in [1.82, 2.24) is 5.32 Å². The summed E-state index contributed by atoms with van der Waals surface area (Å²) in [6.45, 7) is 1.61. The van der Waals surface area contributed by atoms with E-state index in [1.807, 2.05) is 30.3 Å². The van der Waals surface area contributed by atoms with Gasteiger partial charge in [0.1, 0.15) is 5.75 Å². The van der Waals surface area contributed by atoms with Crippen LogP contribution < -0.4 is 5.32 Å². The van der Waals surface area contributed by atoms with Crippen LogP contribution in [0, 0.1) is 0 Å². The fourth-order valence-electron chi connectivity index (χ4n) is 1.61. The molecule has 0 bridgehead atoms. The summed E-state index contributed by atoms with van der Waals surface area (Å²) in [6, 6.07) is 17.6. The molecule has 0 radical (unpaired) electrons. The minimum Gasteiger partial charge on any atom is -0.508 e. The molecular weight excluding hydrogens is 198 g/mol. The van der Waals surface area contributed by atoms with Crippen molar-refractivity contribution in [2.75, 3.05) is 0 Å². The molecule has 0 saturated heterocycles. The highest BCUT2D eigenvalue weighted by Crippen LogP contribution is 2.10. The largest absolute Gasteiger partial charge is 0.508 e. The standard InChI is InChI=1S/C14H15NO/c16-14-8-4-7-13(9-14)11-15-10-12-5-2-1-3-6-12/h1-9,15-16H,10-11H2. The number of benzene rings is 2. The van der Waals surface area contributed by atoms with Crippen molar-refractivity contribution >= 4 is 0 Å². The Kier molecular flexibility index (Phi) is 3.57. The van der Waals surface area contributed by atoms with Crippen LogP contribution in [-0.2, 0) is 13.1 Å². The maximum absolute atomic E-state index is 9.30. The molecule has 82 valence electrons. The van der Waals surface area contributed by atoms with Crippen LogP contribution in [0.25, 0.3) is 0 Å². The summed E-state index contributed by atoms with van der Waals surface area (Å²) in [7, 11) is 0. The van der Waals surface area contributed by atoms with E-state index < -0.39 is 0 Å². The van der Waals surface area contributed by atoms with Crippen molar-refractivity contribution in [3.05, 3.63) is 65.7 Å². The van der Waals surface area contributed by atoms with Crippen LogP contribution in [0.4, 0.5) is 0 Å². The lowest BCUT2D eigenvalue weighted by atomic mass is 10.2. The first kappa shape index (κ1) is 10.7. The predicted molar refractivity (Wildman–Crippen MR) is 65.1 cm³/mol. The van der Waals surface area contributed by atoms with E-state index in [4.69, 9.17) is 0 Å². The van der Waals surface area contributed by atoms with E-state index in [2.05, 4.69) is 17.4 Å². The van der Waals surface area contributed by atoms with E-state index in [9.17, 15) is 5.11 Å². The lowest BCUT2D eigenvalue weighted by Crippen LogP contribution is -2.12. The van der Waals surface area contributed by atoms with Gasteiger partial charge in [-0.3, -0.25) is 0 Å². The summed E-state index contributed by atoms with van der Waals surface area (Å²) in [5.41, 5.74) is 2.36. The van der Waals surface area contributed by atoms with Gasteiger partial charge in [-0.1, -0.05) is 42.5 Å². The molecule has 0 aromatic heterocycles. The zero-order valence-corrected chi connectivity index (χ0v) is 9.06. The maximum atomic E-state index is 9.30. The van der Waals surface area contributed by atoms with Gasteiger partial charge in [0.05, 0.1) is 0 Å². The Morgan fingerprint density at radius 2 is 1.50 bits per heavy atom. The monoisotopic (exact) mass is 213 g/mol. The Balaban J connectivity index is 1.85. The van der Waals surface area contributed by atoms with Crippen LogP contribution >= 0.6 is 0 Å². The molecule has 2 aromatic carbocycles. The molecule has 0 heterocycles. The molecule has 0 aliphatic carbocycles. The first-order chi connectivity index (χ1) is 7.84. The Labute approximate surface area is 95.6 Å². The van der Waals surface area contributed by atoms with E-state index in [0.717, 1.165) is 18.7 Å². The normalized spacial score (nSPS) is 10.2. The van der Waals surface area contributed by atoms with Crippen LogP contribution in [0.1, 0.15) is 11.1 Å². The fraction of sp³-hybridized carbons (Fsp3) is 0.143. The molecule has 2 N–H and O–H groups in total. The number of hydrogen-bond donors (Lipinski definition) is 2. The molecule has 0 atom stereocenters. The minimum atomic E-state index is 0.319. The van der Waals surface area contributed by atoms with Crippen LogP contribution in [0.5, 0.6) is 5.75 Å². The van der Waals surface area contributed by atoms with Crippen LogP contribution in [0.3, 0.4) is 0 Å². The van der Waals surface area contributed by atoms with E-state index in [1.165, 1.54) is 5.56 Å². The van der Waals surface area contributed by atoms with Gasteiger partial charge >= 0.3 is 0 Å². The molecule has 2 aromatic rings. The quantitative estimate of drug-likeness (QED) is 0.818. The van der Waals surface area contributed by atoms with Gasteiger partial charge in [-0.25, -0.2) is 0 Å². The Hall–Kier alpha value is -1.80. The first-order valence-electron chi connectivity index (χ1n) is 5.37. The summed E-state index contributed by atoms with van der Waals surface area (Å²) < 4.78 is 0. The summed E-state index contributed by atoms with van der Waals surface area (Å²) in [6.07, 6.45) is 0. The molecule has 0 unspecified atom stereocenters. The molecule has 0 amide bonds. The highest BCUT2D eigenvalue weighted by molar-refractivity contribution is 5.27. The third kappa shape index (κ3) is 3.11. The molecule has 2 nitrogen and oxygen atoms in total. The van der Waals surface area contributed by atoms with Crippen molar-refractivity contribution in [1.29, 1.82) is 0 Å². The zero-order valence-electron chi connectivity index (χ0n) is 9.06. The summed E-state index contributed by atoms with van der Waals surface area (Å²) in [4.78, 5) is 0. The first-order valence-corrected chi connectivity index (χ1v) is 5.37. The van der Waals surface area contributed by atoms with Crippen molar-refractivity contribution in [2.24, 2.45) is 0 Å². The van der Waals surface area contributed by atoms with Crippen molar-refractivity contribution in [3.8, 4) is 5.75 Å². The van der Waals surface area contributed by atoms with Gasteiger partial charge < -0.3 is 10.4 Å². The minimum absolute atomic E-state index is 0.319. The highest BCUT2D eigenvalue weighted by atomic mass is 16.3. The third-order valence-electron chi connectivity index (χ3n) is 2.41. The molecule has 0 fully saturated rings. The van der Waals surface area contributed by atoms with E-state index in [1.54, 1.807) is 12.1 Å². The second-order valence-electron chi connectivity index (χ2n) is 3.76. The Morgan fingerprint density at radius 1 is 0.812 bits per heavy atom. The molecule has 16 heavy (non-hydrogen) atoms. The lowest BCUT2D eigenvalue weighted by Gasteiger charge is -2.05. The van der Waals surface area contributed by atoms with E-state index in [0.29, 0.717) is 5.75 Å². The van der Waals surface area contributed by atoms with Crippen LogP contribution in [0.15, 0.2) is 54.6 Å². The zero-order chi connectivity index (χ0) is 11.2. The lowest BCUT2D eigenvalue weighted by molar-refractivity contribution is 0.474. The topological polar surface area (TPSA) is 32.3 Å². The van der Waals surface area contributed by atoms with E-state index in [-0.39, 0.29) is 0 Å². The predicted octanol–water partition coefficient (Wildman–Crippen LogP) is 2.68. The number of phenols is 1. The summed E-state index contributed by atoms with van der Waals surface area (Å²) >= 11 is 0. The van der Waals surface area contributed by atoms with Gasteiger partial charge in [-0.15, -0.1) is 0 Å². The number of hydrogen-bond acceptors (Lipinski definition) is 2. The molecule has 0 aliphatic rings. The number of phenolic OH excluding ortho intramolecular Hbond substituents is 1. The summed E-state index contributed by atoms with van der Waals surface area (Å²) in [5.74, 6) is 0.319. The third-order valence-corrected chi connectivity index (χ3v) is 2.41. The number of nitrogens with one attached hydrogen (secondary N) is 1. The van der Waals surface area contributed by atoms with Crippen LogP contribution in [0.2, 0.25) is 0 Å². The van der Waals surface area contributed by atoms with Crippen LogP contribution in [-0.4, -0.2) is 5.11 Å². The number of rotatable bonds is 4. The average Bonchev–Trinajstić information content (AvgIpc) is 2.30. The fourth-order valence-corrected chi connectivity index (χ4v) is 1.61. The molecule has 0 saturated carbocycles. The molecule has 0 spiro atoms. The van der Waals surface area contributed by atoms with Gasteiger partial charge in [-0.2, -0.15) is 0 Å². The second kappa shape index (κ2) is 5.33. The van der Waals surface area contributed by atoms with Crippen molar-refractivity contribution < 1.29 is 5.11 Å². The van der Waals surface area contributed by atoms with E-state index >= 15 is 0 Å². The number of aromatic hydroxyl groups is 1. The van der Waals surface area contributed by atoms with Gasteiger partial charge in [0.2, 0.25) is 0 Å². The van der Waals surface area contributed by atoms with Crippen molar-refractivity contribution in [3.63, 3.8) is 0 Å². The molecule has 0 aliphatic heterocycles. The SMILES string of the molecule is Oc1cccc(CNCc2ccccc2)c1. The second-order valence-corrected chi connectivity index (χ2v) is 3.76. The van der Waals surface area contributed by atoms with Crippen molar-refractivity contribution in [2.45, 2.75) is 13.1 Å². The molecule has 2 heteroatoms. The van der Waals surface area contributed by atoms with Gasteiger partial charge in [0.15, 0.2) is 0 Å². The Morgan fingerprint density at radius 3 is 2.25 bits per heavy atom. The van der Waals surface area contributed by atoms with Gasteiger partial charge in [-0.05, 0) is 23.3 Å². The smallest absolute Gasteiger partial charge is 0.115 e. The average molecular weight is 213 g/mol. The Bertz CT molecular complexity index is 439.